The first-order chi connectivity index (χ1) is 14.2. The number of aromatic nitrogens is 5. The van der Waals surface area contributed by atoms with Gasteiger partial charge in [0.25, 0.3) is 11.3 Å². The summed E-state index contributed by atoms with van der Waals surface area (Å²) in [4.78, 5) is 21.2. The van der Waals surface area contributed by atoms with Crippen molar-refractivity contribution in [2.45, 2.75) is 17.5 Å². The molecule has 5 rings (SSSR count). The number of rotatable bonds is 5. The maximum Gasteiger partial charge on any atom is 0.261 e. The summed E-state index contributed by atoms with van der Waals surface area (Å²) >= 11 is 1.48. The van der Waals surface area contributed by atoms with Crippen LogP contribution in [0.3, 0.4) is 0 Å². The number of hydrogen-bond donors (Lipinski definition) is 1. The molecule has 10 heteroatoms. The summed E-state index contributed by atoms with van der Waals surface area (Å²) in [7, 11) is 0. The Balaban J connectivity index is 1.43. The molecule has 3 aromatic heterocycles. The second-order valence-corrected chi connectivity index (χ2v) is 7.41. The van der Waals surface area contributed by atoms with Crippen LogP contribution >= 0.6 is 11.8 Å². The minimum absolute atomic E-state index is 0.106. The van der Waals surface area contributed by atoms with Crippen LogP contribution < -0.4 is 15.0 Å². The van der Waals surface area contributed by atoms with E-state index in [1.54, 1.807) is 16.8 Å². The molecule has 4 heterocycles. The van der Waals surface area contributed by atoms with Crippen LogP contribution in [0.5, 0.6) is 11.5 Å². The molecule has 0 fully saturated rings. The first kappa shape index (κ1) is 18.0. The molecule has 0 radical (unpaired) electrons. The number of pyridine rings is 1. The summed E-state index contributed by atoms with van der Waals surface area (Å²) in [6, 6.07) is 7.65. The van der Waals surface area contributed by atoms with Gasteiger partial charge < -0.3 is 19.1 Å². The molecule has 0 aliphatic carbocycles. The van der Waals surface area contributed by atoms with Gasteiger partial charge in [-0.1, -0.05) is 17.8 Å². The average Bonchev–Trinajstić information content (AvgIpc) is 3.18. The minimum Gasteiger partial charge on any atom is -0.486 e. The molecule has 4 aromatic rings. The van der Waals surface area contributed by atoms with E-state index in [1.165, 1.54) is 22.5 Å². The molecular formula is C19H17N5O4S. The summed E-state index contributed by atoms with van der Waals surface area (Å²) in [6.07, 6.45) is 3.15. The molecule has 0 saturated carbocycles. The second-order valence-electron chi connectivity index (χ2n) is 6.47. The second kappa shape index (κ2) is 7.37. The Bertz CT molecular complexity index is 1270. The van der Waals surface area contributed by atoms with Crippen molar-refractivity contribution in [1.29, 1.82) is 0 Å². The topological polar surface area (TPSA) is 104 Å². The third-order valence-corrected chi connectivity index (χ3v) is 5.51. The molecule has 1 aromatic carbocycles. The Morgan fingerprint density at radius 3 is 2.90 bits per heavy atom. The number of hydrogen-bond acceptors (Lipinski definition) is 8. The van der Waals surface area contributed by atoms with Gasteiger partial charge in [-0.05, 0) is 23.8 Å². The normalized spacial score (nSPS) is 13.3. The minimum atomic E-state index is -0.216. The van der Waals surface area contributed by atoms with Crippen molar-refractivity contribution in [1.82, 2.24) is 24.1 Å². The molecule has 1 aliphatic rings. The molecule has 0 unspecified atom stereocenters. The van der Waals surface area contributed by atoms with Crippen molar-refractivity contribution in [2.75, 3.05) is 19.8 Å². The van der Waals surface area contributed by atoms with Gasteiger partial charge in [0.15, 0.2) is 11.5 Å². The zero-order chi connectivity index (χ0) is 19.8. The summed E-state index contributed by atoms with van der Waals surface area (Å²) < 4.78 is 14.2. The van der Waals surface area contributed by atoms with Crippen molar-refractivity contribution in [2.24, 2.45) is 0 Å². The van der Waals surface area contributed by atoms with Crippen LogP contribution in [-0.4, -0.2) is 49.1 Å². The van der Waals surface area contributed by atoms with E-state index in [9.17, 15) is 4.79 Å². The average molecular weight is 411 g/mol. The van der Waals surface area contributed by atoms with Crippen LogP contribution in [0.1, 0.15) is 5.56 Å². The van der Waals surface area contributed by atoms with Crippen LogP contribution in [0.4, 0.5) is 0 Å². The lowest BCUT2D eigenvalue weighted by atomic mass is 10.2. The fourth-order valence-corrected chi connectivity index (χ4v) is 3.97. The fourth-order valence-electron chi connectivity index (χ4n) is 3.21. The molecule has 0 spiro atoms. The predicted octanol–water partition coefficient (Wildman–Crippen LogP) is 1.49. The largest absolute Gasteiger partial charge is 0.486 e. The van der Waals surface area contributed by atoms with E-state index in [0.717, 1.165) is 17.1 Å². The van der Waals surface area contributed by atoms with Crippen molar-refractivity contribution in [3.8, 4) is 11.5 Å². The zero-order valence-electron chi connectivity index (χ0n) is 15.3. The maximum atomic E-state index is 12.5. The molecule has 9 nitrogen and oxygen atoms in total. The SMILES string of the molecule is O=c1c2cnc3nc(SCc4ccc5c(c4)OCCO5)nn3c2ccn1CCO. The van der Waals surface area contributed by atoms with Gasteiger partial charge in [0.05, 0.1) is 17.5 Å². The Morgan fingerprint density at radius 1 is 1.17 bits per heavy atom. The Kier molecular flexibility index (Phi) is 4.57. The van der Waals surface area contributed by atoms with Gasteiger partial charge in [0, 0.05) is 24.7 Å². The zero-order valence-corrected chi connectivity index (χ0v) is 16.1. The standard InChI is InChI=1S/C19H17N5O4S/c25-6-5-23-4-3-14-13(17(23)26)10-20-18-21-19(22-24(14)18)29-11-12-1-2-15-16(9-12)28-8-7-27-15/h1-4,9-10,25H,5-8,11H2. The Morgan fingerprint density at radius 2 is 2.03 bits per heavy atom. The molecule has 0 bridgehead atoms. The monoisotopic (exact) mass is 411 g/mol. The van der Waals surface area contributed by atoms with Crippen molar-refractivity contribution in [3.05, 3.63) is 52.6 Å². The highest BCUT2D eigenvalue weighted by Crippen LogP contribution is 2.32. The molecular weight excluding hydrogens is 394 g/mol. The quantitative estimate of drug-likeness (QED) is 0.493. The number of nitrogens with zero attached hydrogens (tertiary/aromatic N) is 5. The number of aliphatic hydroxyl groups is 1. The number of fused-ring (bicyclic) bond motifs is 4. The fraction of sp³-hybridized carbons (Fsp3) is 0.263. The number of ether oxygens (including phenoxy) is 2. The molecule has 148 valence electrons. The van der Waals surface area contributed by atoms with E-state index >= 15 is 0 Å². The van der Waals surface area contributed by atoms with Gasteiger partial charge in [-0.3, -0.25) is 4.79 Å². The lowest BCUT2D eigenvalue weighted by Crippen LogP contribution is -2.21. The van der Waals surface area contributed by atoms with Crippen molar-refractivity contribution in [3.63, 3.8) is 0 Å². The summed E-state index contributed by atoms with van der Waals surface area (Å²) in [5.74, 6) is 2.61. The smallest absolute Gasteiger partial charge is 0.261 e. The highest BCUT2D eigenvalue weighted by atomic mass is 32.2. The summed E-state index contributed by atoms with van der Waals surface area (Å²) in [5, 5.41) is 14.6. The highest BCUT2D eigenvalue weighted by molar-refractivity contribution is 7.98. The van der Waals surface area contributed by atoms with Crippen molar-refractivity contribution < 1.29 is 14.6 Å². The third kappa shape index (κ3) is 3.30. The summed E-state index contributed by atoms with van der Waals surface area (Å²) in [5.41, 5.74) is 1.49. The predicted molar refractivity (Wildman–Crippen MR) is 107 cm³/mol. The van der Waals surface area contributed by atoms with Gasteiger partial charge in [-0.25, -0.2) is 4.98 Å². The van der Waals surface area contributed by atoms with Gasteiger partial charge in [-0.15, -0.1) is 5.10 Å². The Hall–Kier alpha value is -3.11. The highest BCUT2D eigenvalue weighted by Gasteiger charge is 2.14. The van der Waals surface area contributed by atoms with Crippen LogP contribution in [0.2, 0.25) is 0 Å². The first-order valence-corrected chi connectivity index (χ1v) is 10.1. The van der Waals surface area contributed by atoms with E-state index in [2.05, 4.69) is 15.1 Å². The Labute approximate surface area is 168 Å². The maximum absolute atomic E-state index is 12.5. The lowest BCUT2D eigenvalue weighted by molar-refractivity contribution is 0.171. The number of benzene rings is 1. The van der Waals surface area contributed by atoms with Crippen LogP contribution in [0, 0.1) is 0 Å². The van der Waals surface area contributed by atoms with Crippen LogP contribution in [-0.2, 0) is 12.3 Å². The van der Waals surface area contributed by atoms with Gasteiger partial charge in [-0.2, -0.15) is 9.50 Å². The van der Waals surface area contributed by atoms with Gasteiger partial charge >= 0.3 is 0 Å². The van der Waals surface area contributed by atoms with E-state index in [-0.39, 0.29) is 18.7 Å². The molecule has 1 N–H and O–H groups in total. The van der Waals surface area contributed by atoms with E-state index < -0.39 is 0 Å². The van der Waals surface area contributed by atoms with Gasteiger partial charge in [0.1, 0.15) is 13.2 Å². The molecule has 0 atom stereocenters. The summed E-state index contributed by atoms with van der Waals surface area (Å²) in [6.45, 7) is 1.25. The molecule has 0 amide bonds. The number of thioether (sulfide) groups is 1. The number of aliphatic hydroxyl groups excluding tert-OH is 1. The van der Waals surface area contributed by atoms with Gasteiger partial charge in [0.2, 0.25) is 5.16 Å². The first-order valence-electron chi connectivity index (χ1n) is 9.10. The third-order valence-electron chi connectivity index (χ3n) is 4.60. The molecule has 29 heavy (non-hydrogen) atoms. The molecule has 0 saturated heterocycles. The lowest BCUT2D eigenvalue weighted by Gasteiger charge is -2.18. The van der Waals surface area contributed by atoms with Crippen molar-refractivity contribution >= 4 is 28.4 Å². The van der Waals surface area contributed by atoms with E-state index in [0.29, 0.717) is 40.8 Å². The van der Waals surface area contributed by atoms with Crippen LogP contribution in [0.25, 0.3) is 16.7 Å². The van der Waals surface area contributed by atoms with E-state index in [4.69, 9.17) is 14.6 Å². The van der Waals surface area contributed by atoms with Crippen LogP contribution in [0.15, 0.2) is 46.6 Å². The van der Waals surface area contributed by atoms with E-state index in [1.807, 2.05) is 18.2 Å². The molecule has 1 aliphatic heterocycles.